The minimum absolute atomic E-state index is 0.127. The monoisotopic (exact) mass is 417 g/mol. The van der Waals surface area contributed by atoms with E-state index < -0.39 is 44.3 Å². The van der Waals surface area contributed by atoms with Crippen molar-refractivity contribution in [3.8, 4) is 0 Å². The average Bonchev–Trinajstić information content (AvgIpc) is 3.04. The van der Waals surface area contributed by atoms with Gasteiger partial charge in [0.05, 0.1) is 0 Å². The number of Topliss-reactive ketones (excluding diaryl/α,β-unsaturated/α-hetero) is 1. The van der Waals surface area contributed by atoms with E-state index in [1.54, 1.807) is 27.1 Å². The molecule has 2 N–H and O–H groups in total. The van der Waals surface area contributed by atoms with Crippen LogP contribution in [0.1, 0.15) is 25.8 Å². The van der Waals surface area contributed by atoms with Crippen LogP contribution in [0.4, 0.5) is 0 Å². The van der Waals surface area contributed by atoms with Gasteiger partial charge in [-0.3, -0.25) is 9.59 Å². The fraction of sp³-hybridized carbons (Fsp3) is 0.571. The standard InChI is InChI=1S/C14H16BrN3O5S/c1-13(2)7(10(21)22)18-11(23)14(15,12(18)24-13)8(20)6(19)9-16-4-5-17(9)3/h4-7,12,19H,1-3H3,(H,21,22)/t6?,7-,12+,14?/m0/s1. The molecule has 0 saturated carbocycles. The van der Waals surface area contributed by atoms with Crippen molar-refractivity contribution in [1.82, 2.24) is 14.5 Å². The topological polar surface area (TPSA) is 113 Å². The van der Waals surface area contributed by atoms with Gasteiger partial charge < -0.3 is 19.7 Å². The zero-order chi connectivity index (χ0) is 18.0. The van der Waals surface area contributed by atoms with Crippen molar-refractivity contribution in [2.45, 2.75) is 40.4 Å². The van der Waals surface area contributed by atoms with Gasteiger partial charge in [-0.2, -0.15) is 0 Å². The van der Waals surface area contributed by atoms with Crippen LogP contribution in [0.3, 0.4) is 0 Å². The number of aliphatic hydroxyl groups excluding tert-OH is 1. The van der Waals surface area contributed by atoms with Crippen molar-refractivity contribution < 1.29 is 24.6 Å². The molecule has 10 heteroatoms. The van der Waals surface area contributed by atoms with Crippen molar-refractivity contribution >= 4 is 45.4 Å². The van der Waals surface area contributed by atoms with Crippen molar-refractivity contribution in [3.05, 3.63) is 18.2 Å². The van der Waals surface area contributed by atoms with E-state index in [0.29, 0.717) is 0 Å². The van der Waals surface area contributed by atoms with Crippen LogP contribution in [-0.4, -0.2) is 62.8 Å². The highest BCUT2D eigenvalue weighted by atomic mass is 79.9. The number of aliphatic carboxylic acids is 1. The molecule has 2 unspecified atom stereocenters. The Balaban J connectivity index is 1.93. The lowest BCUT2D eigenvalue weighted by atomic mass is 9.86. The number of aromatic nitrogens is 2. The molecule has 3 heterocycles. The highest BCUT2D eigenvalue weighted by molar-refractivity contribution is 9.10. The number of fused-ring (bicyclic) bond motifs is 1. The Labute approximate surface area is 150 Å². The number of hydrogen-bond acceptors (Lipinski definition) is 6. The van der Waals surface area contributed by atoms with Crippen LogP contribution in [0.15, 0.2) is 12.4 Å². The van der Waals surface area contributed by atoms with E-state index in [4.69, 9.17) is 0 Å². The number of thioether (sulfide) groups is 1. The zero-order valence-electron chi connectivity index (χ0n) is 13.1. The lowest BCUT2D eigenvalue weighted by Gasteiger charge is -2.49. The Kier molecular flexibility index (Phi) is 3.85. The van der Waals surface area contributed by atoms with Crippen LogP contribution in [0.5, 0.6) is 0 Å². The van der Waals surface area contributed by atoms with Crippen molar-refractivity contribution in [1.29, 1.82) is 0 Å². The van der Waals surface area contributed by atoms with E-state index in [1.807, 2.05) is 0 Å². The third kappa shape index (κ3) is 2.09. The Hall–Kier alpha value is -1.39. The predicted molar refractivity (Wildman–Crippen MR) is 88.6 cm³/mol. The third-order valence-electron chi connectivity index (χ3n) is 4.43. The van der Waals surface area contributed by atoms with Crippen LogP contribution < -0.4 is 0 Å². The maximum Gasteiger partial charge on any atom is 0.327 e. The molecule has 0 bridgehead atoms. The molecule has 24 heavy (non-hydrogen) atoms. The number of carboxylic acids is 1. The van der Waals surface area contributed by atoms with Crippen molar-refractivity contribution in [2.24, 2.45) is 7.05 Å². The van der Waals surface area contributed by atoms with Gasteiger partial charge in [0.1, 0.15) is 17.2 Å². The summed E-state index contributed by atoms with van der Waals surface area (Å²) in [5.74, 6) is -2.37. The number of carboxylic acid groups (broad SMARTS) is 1. The number of β-lactam (4-membered cyclic amide) rings is 1. The summed E-state index contributed by atoms with van der Waals surface area (Å²) in [4.78, 5) is 42.1. The molecule has 3 rings (SSSR count). The maximum absolute atomic E-state index is 12.8. The lowest BCUT2D eigenvalue weighted by Crippen LogP contribution is -2.74. The summed E-state index contributed by atoms with van der Waals surface area (Å²) in [5.41, 5.74) is 0. The summed E-state index contributed by atoms with van der Waals surface area (Å²) in [7, 11) is 1.63. The molecule has 2 aliphatic rings. The average molecular weight is 418 g/mol. The van der Waals surface area contributed by atoms with Crippen LogP contribution in [0.2, 0.25) is 0 Å². The summed E-state index contributed by atoms with van der Waals surface area (Å²) in [6.07, 6.45) is 1.44. The second kappa shape index (κ2) is 5.30. The molecule has 2 aliphatic heterocycles. The first kappa shape index (κ1) is 17.4. The van der Waals surface area contributed by atoms with Gasteiger partial charge in [0, 0.05) is 24.2 Å². The molecule has 130 valence electrons. The molecule has 1 aromatic heterocycles. The van der Waals surface area contributed by atoms with E-state index >= 15 is 0 Å². The SMILES string of the molecule is Cn1ccnc1C(O)C(=O)C1(Br)C(=O)N2[C@@H](C(=O)O)C(C)(C)S[C@@H]21. The van der Waals surface area contributed by atoms with Gasteiger partial charge in [-0.1, -0.05) is 15.9 Å². The number of hydrogen-bond donors (Lipinski definition) is 2. The predicted octanol–water partition coefficient (Wildman–Crippen LogP) is 0.303. The molecule has 0 aliphatic carbocycles. The number of halogens is 1. The summed E-state index contributed by atoms with van der Waals surface area (Å²) in [5, 5.41) is 19.1. The molecule has 8 nitrogen and oxygen atoms in total. The first-order valence-electron chi connectivity index (χ1n) is 7.15. The minimum atomic E-state index is -1.65. The van der Waals surface area contributed by atoms with Gasteiger partial charge in [0.2, 0.25) is 0 Å². The van der Waals surface area contributed by atoms with Gasteiger partial charge in [0.25, 0.3) is 5.91 Å². The smallest absolute Gasteiger partial charge is 0.327 e. The summed E-state index contributed by atoms with van der Waals surface area (Å²) >= 11 is 4.42. The Morgan fingerprint density at radius 2 is 2.08 bits per heavy atom. The first-order valence-corrected chi connectivity index (χ1v) is 8.82. The molecule has 1 amide bonds. The number of carbonyl (C=O) groups is 3. The molecule has 2 saturated heterocycles. The molecule has 4 atom stereocenters. The van der Waals surface area contributed by atoms with E-state index in [9.17, 15) is 24.6 Å². The number of nitrogens with zero attached hydrogens (tertiary/aromatic N) is 3. The number of ketones is 1. The Bertz CT molecular complexity index is 751. The third-order valence-corrected chi connectivity index (χ3v) is 7.54. The molecule has 0 spiro atoms. The largest absolute Gasteiger partial charge is 0.480 e. The van der Waals surface area contributed by atoms with E-state index in [-0.39, 0.29) is 5.82 Å². The fourth-order valence-electron chi connectivity index (χ4n) is 3.20. The lowest BCUT2D eigenvalue weighted by molar-refractivity contribution is -0.164. The Morgan fingerprint density at radius 3 is 2.58 bits per heavy atom. The van der Waals surface area contributed by atoms with E-state index in [0.717, 1.165) is 0 Å². The Morgan fingerprint density at radius 1 is 1.46 bits per heavy atom. The molecule has 0 radical (unpaired) electrons. The first-order chi connectivity index (χ1) is 11.0. The maximum atomic E-state index is 12.8. The molecular weight excluding hydrogens is 402 g/mol. The van der Waals surface area contributed by atoms with Gasteiger partial charge in [-0.25, -0.2) is 9.78 Å². The van der Waals surface area contributed by atoms with E-state index in [1.165, 1.54) is 27.4 Å². The number of rotatable bonds is 4. The second-order valence-corrected chi connectivity index (χ2v) is 9.39. The molecular formula is C14H16BrN3O5S. The molecule has 0 aromatic carbocycles. The number of alkyl halides is 1. The summed E-state index contributed by atoms with van der Waals surface area (Å²) < 4.78 is -0.910. The highest BCUT2D eigenvalue weighted by Gasteiger charge is 2.74. The van der Waals surface area contributed by atoms with Crippen molar-refractivity contribution in [3.63, 3.8) is 0 Å². The highest BCUT2D eigenvalue weighted by Crippen LogP contribution is 2.58. The number of amides is 1. The number of aliphatic hydroxyl groups is 1. The van der Waals surface area contributed by atoms with Gasteiger partial charge >= 0.3 is 5.97 Å². The minimum Gasteiger partial charge on any atom is -0.480 e. The van der Waals surface area contributed by atoms with Crippen LogP contribution >= 0.6 is 27.7 Å². The van der Waals surface area contributed by atoms with Crippen LogP contribution in [0, 0.1) is 0 Å². The second-order valence-electron chi connectivity index (χ2n) is 6.40. The van der Waals surface area contributed by atoms with Gasteiger partial charge in [-0.15, -0.1) is 11.8 Å². The normalized spacial score (nSPS) is 32.2. The zero-order valence-corrected chi connectivity index (χ0v) is 15.5. The van der Waals surface area contributed by atoms with Gasteiger partial charge in [0.15, 0.2) is 16.2 Å². The summed E-state index contributed by atoms with van der Waals surface area (Å²) in [6, 6.07) is -1.02. The molecule has 1 aromatic rings. The molecule has 2 fully saturated rings. The number of carbonyl (C=O) groups excluding carboxylic acids is 2. The number of aryl methyl sites for hydroxylation is 1. The van der Waals surface area contributed by atoms with Crippen LogP contribution in [-0.2, 0) is 21.4 Å². The van der Waals surface area contributed by atoms with E-state index in [2.05, 4.69) is 20.9 Å². The number of imidazole rings is 1. The van der Waals surface area contributed by atoms with Crippen molar-refractivity contribution in [2.75, 3.05) is 0 Å². The van der Waals surface area contributed by atoms with Gasteiger partial charge in [-0.05, 0) is 13.8 Å². The van der Waals surface area contributed by atoms with Crippen LogP contribution in [0.25, 0.3) is 0 Å². The quantitative estimate of drug-likeness (QED) is 0.411. The fourth-order valence-corrected chi connectivity index (χ4v) is 5.76. The summed E-state index contributed by atoms with van der Waals surface area (Å²) in [6.45, 7) is 3.43.